The molecule has 1 aromatic heterocycles. The standard InChI is InChI=1S/C18H19F3N2O3S3/c19-18(20,21)28-14-6-4-13(5-7-14)22-16(24)12-15-8-9-17(27-15)29(25,26)23-10-2-1-3-11-23/h4-9H,1-3,10-12H2,(H,22,24). The molecule has 5 nitrogen and oxygen atoms in total. The fourth-order valence-electron chi connectivity index (χ4n) is 2.93. The summed E-state index contributed by atoms with van der Waals surface area (Å²) in [6, 6.07) is 8.48. The van der Waals surface area contributed by atoms with Gasteiger partial charge in [-0.3, -0.25) is 4.79 Å². The number of piperidine rings is 1. The lowest BCUT2D eigenvalue weighted by Crippen LogP contribution is -2.35. The molecule has 1 amide bonds. The number of hydrogen-bond acceptors (Lipinski definition) is 5. The summed E-state index contributed by atoms with van der Waals surface area (Å²) in [5.41, 5.74) is -3.99. The Balaban J connectivity index is 1.59. The van der Waals surface area contributed by atoms with Gasteiger partial charge in [0.1, 0.15) is 4.21 Å². The van der Waals surface area contributed by atoms with E-state index in [1.165, 1.54) is 34.6 Å². The molecule has 11 heteroatoms. The highest BCUT2D eigenvalue weighted by Gasteiger charge is 2.29. The van der Waals surface area contributed by atoms with E-state index in [-0.39, 0.29) is 33.2 Å². The van der Waals surface area contributed by atoms with E-state index in [1.807, 2.05) is 0 Å². The number of thiophene rings is 1. The normalized spacial score (nSPS) is 16.0. The Kier molecular flexibility index (Phi) is 6.92. The third kappa shape index (κ3) is 6.21. The molecule has 1 saturated heterocycles. The Labute approximate surface area is 175 Å². The molecule has 0 spiro atoms. The van der Waals surface area contributed by atoms with Crippen molar-refractivity contribution in [2.24, 2.45) is 0 Å². The molecule has 1 N–H and O–H groups in total. The molecule has 1 aliphatic heterocycles. The van der Waals surface area contributed by atoms with Crippen LogP contribution in [-0.4, -0.2) is 37.2 Å². The Hall–Kier alpha value is -1.56. The number of carbonyl (C=O) groups excluding carboxylic acids is 1. The summed E-state index contributed by atoms with van der Waals surface area (Å²) in [6.45, 7) is 1.03. The zero-order chi connectivity index (χ0) is 21.1. The molecule has 0 bridgehead atoms. The molecular weight excluding hydrogens is 445 g/mol. The van der Waals surface area contributed by atoms with E-state index < -0.39 is 15.5 Å². The summed E-state index contributed by atoms with van der Waals surface area (Å²) in [7, 11) is -3.53. The second-order valence-corrected chi connectivity index (χ2v) is 11.0. The van der Waals surface area contributed by atoms with Gasteiger partial charge in [-0.2, -0.15) is 17.5 Å². The first-order valence-corrected chi connectivity index (χ1v) is 12.0. The molecule has 29 heavy (non-hydrogen) atoms. The predicted octanol–water partition coefficient (Wildman–Crippen LogP) is 4.72. The van der Waals surface area contributed by atoms with Crippen molar-refractivity contribution in [3.63, 3.8) is 0 Å². The molecule has 0 atom stereocenters. The average Bonchev–Trinajstić information content (AvgIpc) is 3.12. The second-order valence-electron chi connectivity index (χ2n) is 6.48. The molecule has 1 aliphatic rings. The van der Waals surface area contributed by atoms with Gasteiger partial charge in [0.25, 0.3) is 10.0 Å². The molecule has 1 aromatic carbocycles. The summed E-state index contributed by atoms with van der Waals surface area (Å²) in [4.78, 5) is 12.8. The minimum atomic E-state index is -4.36. The fraction of sp³-hybridized carbons (Fsp3) is 0.389. The van der Waals surface area contributed by atoms with Crippen LogP contribution in [0.2, 0.25) is 0 Å². The molecule has 0 saturated carbocycles. The number of thioether (sulfide) groups is 1. The van der Waals surface area contributed by atoms with E-state index in [9.17, 15) is 26.4 Å². The molecule has 1 fully saturated rings. The number of sulfonamides is 1. The van der Waals surface area contributed by atoms with E-state index in [4.69, 9.17) is 0 Å². The van der Waals surface area contributed by atoms with Crippen LogP contribution in [0.25, 0.3) is 0 Å². The first kappa shape index (κ1) is 22.1. The Morgan fingerprint density at radius 2 is 1.72 bits per heavy atom. The van der Waals surface area contributed by atoms with Gasteiger partial charge in [-0.15, -0.1) is 11.3 Å². The molecule has 3 rings (SSSR count). The number of nitrogens with one attached hydrogen (secondary N) is 1. The average molecular weight is 465 g/mol. The SMILES string of the molecule is O=C(Cc1ccc(S(=O)(=O)N2CCCCC2)s1)Nc1ccc(SC(F)(F)F)cc1. The minimum Gasteiger partial charge on any atom is -0.326 e. The van der Waals surface area contributed by atoms with Crippen molar-refractivity contribution in [3.05, 3.63) is 41.3 Å². The van der Waals surface area contributed by atoms with Crippen LogP contribution < -0.4 is 5.32 Å². The van der Waals surface area contributed by atoms with E-state index in [1.54, 1.807) is 6.07 Å². The van der Waals surface area contributed by atoms with E-state index >= 15 is 0 Å². The van der Waals surface area contributed by atoms with Crippen molar-refractivity contribution in [1.29, 1.82) is 0 Å². The van der Waals surface area contributed by atoms with Crippen LogP contribution in [-0.2, 0) is 21.2 Å². The van der Waals surface area contributed by atoms with Crippen LogP contribution in [0.5, 0.6) is 0 Å². The number of carbonyl (C=O) groups is 1. The van der Waals surface area contributed by atoms with Crippen molar-refractivity contribution in [2.75, 3.05) is 18.4 Å². The van der Waals surface area contributed by atoms with Crippen molar-refractivity contribution < 1.29 is 26.4 Å². The van der Waals surface area contributed by atoms with E-state index in [2.05, 4.69) is 5.32 Å². The van der Waals surface area contributed by atoms with Crippen molar-refractivity contribution in [1.82, 2.24) is 4.31 Å². The molecular formula is C18H19F3N2O3S3. The fourth-order valence-corrected chi connectivity index (χ4v) is 6.49. The molecule has 2 heterocycles. The number of nitrogens with zero attached hydrogens (tertiary/aromatic N) is 1. The van der Waals surface area contributed by atoms with Gasteiger partial charge in [-0.05, 0) is 61.0 Å². The first-order chi connectivity index (χ1) is 13.6. The van der Waals surface area contributed by atoms with Crippen LogP contribution in [0.1, 0.15) is 24.1 Å². The van der Waals surface area contributed by atoms with Gasteiger partial charge < -0.3 is 5.32 Å². The number of halogens is 3. The maximum atomic E-state index is 12.7. The van der Waals surface area contributed by atoms with E-state index in [0.29, 0.717) is 23.7 Å². The first-order valence-electron chi connectivity index (χ1n) is 8.88. The van der Waals surface area contributed by atoms with Crippen molar-refractivity contribution in [2.45, 2.75) is 40.3 Å². The van der Waals surface area contributed by atoms with Gasteiger partial charge in [-0.25, -0.2) is 8.42 Å². The van der Waals surface area contributed by atoms with Gasteiger partial charge in [0.05, 0.1) is 6.42 Å². The number of anilines is 1. The zero-order valence-corrected chi connectivity index (χ0v) is 17.7. The topological polar surface area (TPSA) is 66.5 Å². The highest BCUT2D eigenvalue weighted by molar-refractivity contribution is 8.00. The highest BCUT2D eigenvalue weighted by Crippen LogP contribution is 2.37. The lowest BCUT2D eigenvalue weighted by atomic mass is 10.2. The van der Waals surface area contributed by atoms with E-state index in [0.717, 1.165) is 30.6 Å². The minimum absolute atomic E-state index is 0.0146. The Morgan fingerprint density at radius 3 is 2.34 bits per heavy atom. The molecule has 0 aliphatic carbocycles. The monoisotopic (exact) mass is 464 g/mol. The molecule has 158 valence electrons. The lowest BCUT2D eigenvalue weighted by Gasteiger charge is -2.25. The maximum Gasteiger partial charge on any atom is 0.446 e. The van der Waals surface area contributed by atoms with Gasteiger partial charge >= 0.3 is 5.51 Å². The second kappa shape index (κ2) is 9.07. The number of benzene rings is 1. The van der Waals surface area contributed by atoms with Crippen molar-refractivity contribution in [3.8, 4) is 0 Å². The summed E-state index contributed by atoms with van der Waals surface area (Å²) >= 11 is 0.838. The highest BCUT2D eigenvalue weighted by atomic mass is 32.2. The summed E-state index contributed by atoms with van der Waals surface area (Å²) in [5.74, 6) is -0.370. The Morgan fingerprint density at radius 1 is 1.07 bits per heavy atom. The van der Waals surface area contributed by atoms with Crippen LogP contribution in [0.4, 0.5) is 18.9 Å². The van der Waals surface area contributed by atoms with Gasteiger partial charge in [-0.1, -0.05) is 6.42 Å². The zero-order valence-electron chi connectivity index (χ0n) is 15.2. The number of alkyl halides is 3. The molecule has 2 aromatic rings. The third-order valence-electron chi connectivity index (χ3n) is 4.25. The lowest BCUT2D eigenvalue weighted by molar-refractivity contribution is -0.115. The number of amides is 1. The predicted molar refractivity (Wildman–Crippen MR) is 108 cm³/mol. The van der Waals surface area contributed by atoms with Gasteiger partial charge in [0, 0.05) is 28.5 Å². The largest absolute Gasteiger partial charge is 0.446 e. The van der Waals surface area contributed by atoms with Crippen molar-refractivity contribution >= 4 is 44.7 Å². The van der Waals surface area contributed by atoms with Gasteiger partial charge in [0.2, 0.25) is 5.91 Å². The van der Waals surface area contributed by atoms with Gasteiger partial charge in [0.15, 0.2) is 0 Å². The number of rotatable bonds is 6. The maximum absolute atomic E-state index is 12.7. The van der Waals surface area contributed by atoms with Crippen LogP contribution >= 0.6 is 23.1 Å². The summed E-state index contributed by atoms with van der Waals surface area (Å²) in [6.07, 6.45) is 2.71. The quantitative estimate of drug-likeness (QED) is 0.629. The number of hydrogen-bond donors (Lipinski definition) is 1. The smallest absolute Gasteiger partial charge is 0.326 e. The summed E-state index contributed by atoms with van der Waals surface area (Å²) in [5, 5.41) is 2.61. The van der Waals surface area contributed by atoms with Crippen LogP contribution in [0.3, 0.4) is 0 Å². The molecule has 0 unspecified atom stereocenters. The van der Waals surface area contributed by atoms with Crippen LogP contribution in [0.15, 0.2) is 45.5 Å². The summed E-state index contributed by atoms with van der Waals surface area (Å²) < 4.78 is 64.1. The Bertz CT molecular complexity index is 951. The third-order valence-corrected chi connectivity index (χ3v) is 8.44. The molecule has 0 radical (unpaired) electrons. The van der Waals surface area contributed by atoms with Crippen LogP contribution in [0, 0.1) is 0 Å².